The Bertz CT molecular complexity index is 819. The van der Waals surface area contributed by atoms with Crippen molar-refractivity contribution in [3.63, 3.8) is 0 Å². The van der Waals surface area contributed by atoms with Crippen LogP contribution >= 0.6 is 0 Å². The van der Waals surface area contributed by atoms with Crippen LogP contribution in [0.15, 0.2) is 41.9 Å². The topological polar surface area (TPSA) is 78.3 Å². The van der Waals surface area contributed by atoms with E-state index in [1.165, 1.54) is 17.1 Å². The lowest BCUT2D eigenvalue weighted by atomic mass is 9.95. The van der Waals surface area contributed by atoms with Crippen LogP contribution in [0.4, 0.5) is 14.7 Å². The van der Waals surface area contributed by atoms with Gasteiger partial charge in [-0.2, -0.15) is 18.9 Å². The standard InChI is InChI=1S/C16H16F2N4O3/c1-3-24-14(23)12-9(2)21-16-19-8-20-22(16)13(12)10-6-4-5-7-11(10)25-15(17)18/h4-8,13,15H,3H2,1-2H3,(H,19,20,21)/t13-/m0/s1. The maximum Gasteiger partial charge on any atom is 0.387 e. The number of aromatic nitrogens is 3. The quantitative estimate of drug-likeness (QED) is 0.836. The molecule has 0 saturated heterocycles. The maximum absolute atomic E-state index is 12.8. The van der Waals surface area contributed by atoms with Crippen molar-refractivity contribution in [2.45, 2.75) is 26.5 Å². The number of fused-ring (bicyclic) bond motifs is 1. The Kier molecular flexibility index (Phi) is 4.64. The molecule has 1 aromatic carbocycles. The number of ether oxygens (including phenoxy) is 2. The van der Waals surface area contributed by atoms with Crippen LogP contribution in [0.1, 0.15) is 25.5 Å². The second-order valence-corrected chi connectivity index (χ2v) is 5.23. The van der Waals surface area contributed by atoms with Crippen molar-refractivity contribution in [1.29, 1.82) is 0 Å². The monoisotopic (exact) mass is 350 g/mol. The molecule has 3 rings (SSSR count). The number of para-hydroxylation sites is 1. The van der Waals surface area contributed by atoms with E-state index in [2.05, 4.69) is 20.1 Å². The van der Waals surface area contributed by atoms with Gasteiger partial charge in [0.1, 0.15) is 18.1 Å². The molecule has 7 nitrogen and oxygen atoms in total. The average molecular weight is 350 g/mol. The van der Waals surface area contributed by atoms with E-state index in [-0.39, 0.29) is 17.9 Å². The van der Waals surface area contributed by atoms with Gasteiger partial charge in [-0.05, 0) is 19.9 Å². The van der Waals surface area contributed by atoms with Crippen molar-refractivity contribution in [2.75, 3.05) is 11.9 Å². The Morgan fingerprint density at radius 2 is 2.16 bits per heavy atom. The Morgan fingerprint density at radius 3 is 2.88 bits per heavy atom. The number of hydrogen-bond donors (Lipinski definition) is 1. The molecule has 0 aliphatic carbocycles. The number of rotatable bonds is 5. The highest BCUT2D eigenvalue weighted by Gasteiger charge is 2.36. The number of carbonyl (C=O) groups is 1. The van der Waals surface area contributed by atoms with Gasteiger partial charge < -0.3 is 14.8 Å². The molecule has 9 heteroatoms. The number of halogens is 2. The first kappa shape index (κ1) is 16.9. The summed E-state index contributed by atoms with van der Waals surface area (Å²) in [6, 6.07) is 5.46. The van der Waals surface area contributed by atoms with Crippen LogP contribution in [0.3, 0.4) is 0 Å². The molecule has 0 radical (unpaired) electrons. The summed E-state index contributed by atoms with van der Waals surface area (Å²) in [5.74, 6) is -0.214. The van der Waals surface area contributed by atoms with Crippen molar-refractivity contribution >= 4 is 11.9 Å². The fraction of sp³-hybridized carbons (Fsp3) is 0.312. The van der Waals surface area contributed by atoms with Crippen LogP contribution < -0.4 is 10.1 Å². The van der Waals surface area contributed by atoms with E-state index in [0.717, 1.165) is 0 Å². The number of anilines is 1. The summed E-state index contributed by atoms with van der Waals surface area (Å²) in [5, 5.41) is 7.09. The van der Waals surface area contributed by atoms with Crippen LogP contribution in [0.2, 0.25) is 0 Å². The van der Waals surface area contributed by atoms with E-state index >= 15 is 0 Å². The number of esters is 1. The van der Waals surface area contributed by atoms with Gasteiger partial charge in [0.25, 0.3) is 0 Å². The van der Waals surface area contributed by atoms with Crippen molar-refractivity contribution in [3.8, 4) is 5.75 Å². The molecule has 2 aromatic rings. The predicted octanol–water partition coefficient (Wildman–Crippen LogP) is 2.73. The third-order valence-electron chi connectivity index (χ3n) is 3.72. The number of alkyl halides is 2. The number of carbonyl (C=O) groups excluding carboxylic acids is 1. The molecule has 0 amide bonds. The van der Waals surface area contributed by atoms with E-state index in [4.69, 9.17) is 4.74 Å². The lowest BCUT2D eigenvalue weighted by molar-refractivity contribution is -0.139. The largest absolute Gasteiger partial charge is 0.463 e. The van der Waals surface area contributed by atoms with Gasteiger partial charge in [0, 0.05) is 11.3 Å². The summed E-state index contributed by atoms with van der Waals surface area (Å²) < 4.78 is 36.8. The van der Waals surface area contributed by atoms with Crippen LogP contribution in [0.5, 0.6) is 5.75 Å². The van der Waals surface area contributed by atoms with Gasteiger partial charge in [-0.1, -0.05) is 18.2 Å². The van der Waals surface area contributed by atoms with Crippen molar-refractivity contribution in [3.05, 3.63) is 47.4 Å². The third kappa shape index (κ3) is 3.17. The Hall–Kier alpha value is -2.97. The third-order valence-corrected chi connectivity index (χ3v) is 3.72. The lowest BCUT2D eigenvalue weighted by Gasteiger charge is -2.29. The minimum atomic E-state index is -2.99. The van der Waals surface area contributed by atoms with Crippen molar-refractivity contribution < 1.29 is 23.0 Å². The first-order valence-electron chi connectivity index (χ1n) is 7.61. The molecule has 0 saturated carbocycles. The highest BCUT2D eigenvalue weighted by Crippen LogP contribution is 2.39. The summed E-state index contributed by atoms with van der Waals surface area (Å²) in [6.07, 6.45) is 1.31. The molecule has 0 fully saturated rings. The Morgan fingerprint density at radius 1 is 1.40 bits per heavy atom. The normalized spacial score (nSPS) is 16.4. The fourth-order valence-corrected chi connectivity index (χ4v) is 2.76. The lowest BCUT2D eigenvalue weighted by Crippen LogP contribution is -2.30. The molecule has 1 aliphatic rings. The number of benzene rings is 1. The molecular formula is C16H16F2N4O3. The summed E-state index contributed by atoms with van der Waals surface area (Å²) in [7, 11) is 0. The molecule has 1 aliphatic heterocycles. The van der Waals surface area contributed by atoms with Crippen LogP contribution in [-0.4, -0.2) is 34.0 Å². The van der Waals surface area contributed by atoms with Gasteiger partial charge in [-0.3, -0.25) is 0 Å². The summed E-state index contributed by atoms with van der Waals surface area (Å²) >= 11 is 0. The van der Waals surface area contributed by atoms with E-state index in [1.54, 1.807) is 32.0 Å². The molecule has 0 bridgehead atoms. The zero-order valence-electron chi connectivity index (χ0n) is 13.6. The Balaban J connectivity index is 2.16. The highest BCUT2D eigenvalue weighted by atomic mass is 19.3. The van der Waals surface area contributed by atoms with Gasteiger partial charge in [0.2, 0.25) is 5.95 Å². The van der Waals surface area contributed by atoms with Crippen molar-refractivity contribution in [1.82, 2.24) is 14.8 Å². The second kappa shape index (κ2) is 6.88. The average Bonchev–Trinajstić information content (AvgIpc) is 3.01. The molecule has 2 heterocycles. The van der Waals surface area contributed by atoms with Gasteiger partial charge in [0.05, 0.1) is 12.2 Å². The Labute approximate surface area is 142 Å². The minimum Gasteiger partial charge on any atom is -0.463 e. The summed E-state index contributed by atoms with van der Waals surface area (Å²) in [6.45, 7) is 0.568. The number of hydrogen-bond acceptors (Lipinski definition) is 6. The summed E-state index contributed by atoms with van der Waals surface area (Å²) in [5.41, 5.74) is 1.12. The summed E-state index contributed by atoms with van der Waals surface area (Å²) in [4.78, 5) is 16.6. The number of allylic oxidation sites excluding steroid dienone is 1. The molecule has 1 N–H and O–H groups in total. The molecular weight excluding hydrogens is 334 g/mol. The van der Waals surface area contributed by atoms with Crippen molar-refractivity contribution in [2.24, 2.45) is 0 Å². The van der Waals surface area contributed by atoms with Crippen LogP contribution in [-0.2, 0) is 9.53 Å². The van der Waals surface area contributed by atoms with Gasteiger partial charge in [-0.15, -0.1) is 0 Å². The van der Waals surface area contributed by atoms with E-state index in [9.17, 15) is 13.6 Å². The molecule has 25 heavy (non-hydrogen) atoms. The smallest absolute Gasteiger partial charge is 0.387 e. The van der Waals surface area contributed by atoms with Crippen LogP contribution in [0, 0.1) is 0 Å². The molecule has 132 valence electrons. The molecule has 0 spiro atoms. The molecule has 0 unspecified atom stereocenters. The SMILES string of the molecule is CCOC(=O)C1=C(C)Nc2ncnn2[C@H]1c1ccccc1OC(F)F. The van der Waals surface area contributed by atoms with E-state index in [0.29, 0.717) is 17.2 Å². The molecule has 1 atom stereocenters. The zero-order chi connectivity index (χ0) is 18.0. The van der Waals surface area contributed by atoms with Gasteiger partial charge in [-0.25, -0.2) is 9.48 Å². The second-order valence-electron chi connectivity index (χ2n) is 5.23. The van der Waals surface area contributed by atoms with E-state index < -0.39 is 18.6 Å². The zero-order valence-corrected chi connectivity index (χ0v) is 13.6. The van der Waals surface area contributed by atoms with Crippen LogP contribution in [0.25, 0.3) is 0 Å². The van der Waals surface area contributed by atoms with E-state index in [1.807, 2.05) is 0 Å². The maximum atomic E-state index is 12.8. The first-order chi connectivity index (χ1) is 12.0. The first-order valence-corrected chi connectivity index (χ1v) is 7.61. The number of nitrogens with one attached hydrogen (secondary N) is 1. The van der Waals surface area contributed by atoms with Gasteiger partial charge >= 0.3 is 12.6 Å². The predicted molar refractivity (Wildman–Crippen MR) is 84.2 cm³/mol. The minimum absolute atomic E-state index is 0.0413. The highest BCUT2D eigenvalue weighted by molar-refractivity contribution is 5.92. The van der Waals surface area contributed by atoms with Gasteiger partial charge in [0.15, 0.2) is 0 Å². The molecule has 1 aromatic heterocycles. The fourth-order valence-electron chi connectivity index (χ4n) is 2.76. The number of nitrogens with zero attached hydrogens (tertiary/aromatic N) is 3.